The average molecular weight is 403 g/mol. The number of nitrogens with zero attached hydrogens (tertiary/aromatic N) is 1. The predicted molar refractivity (Wildman–Crippen MR) is 101 cm³/mol. The maximum absolute atomic E-state index is 12.5. The summed E-state index contributed by atoms with van der Waals surface area (Å²) in [5.41, 5.74) is 3.18. The van der Waals surface area contributed by atoms with E-state index >= 15 is 0 Å². The minimum absolute atomic E-state index is 0.0486. The lowest BCUT2D eigenvalue weighted by molar-refractivity contribution is -0.122. The van der Waals surface area contributed by atoms with Crippen LogP contribution in [0.15, 0.2) is 46.9 Å². The quantitative estimate of drug-likeness (QED) is 0.849. The van der Waals surface area contributed by atoms with Crippen molar-refractivity contribution in [2.75, 3.05) is 30.5 Å². The van der Waals surface area contributed by atoms with Crippen molar-refractivity contribution in [3.8, 4) is 0 Å². The molecule has 25 heavy (non-hydrogen) atoms. The molecule has 0 atom stereocenters. The molecule has 0 saturated heterocycles. The lowest BCUT2D eigenvalue weighted by Gasteiger charge is -2.30. The van der Waals surface area contributed by atoms with Crippen LogP contribution >= 0.6 is 15.9 Å². The Hall–Kier alpha value is -2.18. The van der Waals surface area contributed by atoms with Crippen molar-refractivity contribution in [2.45, 2.75) is 12.8 Å². The second-order valence-electron chi connectivity index (χ2n) is 5.86. The van der Waals surface area contributed by atoms with Gasteiger partial charge in [0.05, 0.1) is 5.56 Å². The number of ether oxygens (including phenoxy) is 1. The van der Waals surface area contributed by atoms with Crippen LogP contribution in [0.1, 0.15) is 22.3 Å². The van der Waals surface area contributed by atoms with Crippen molar-refractivity contribution in [1.82, 2.24) is 0 Å². The van der Waals surface area contributed by atoms with E-state index in [0.29, 0.717) is 17.8 Å². The summed E-state index contributed by atoms with van der Waals surface area (Å²) in [5.74, 6) is -0.268. The Labute approximate surface area is 155 Å². The molecule has 2 aromatic rings. The van der Waals surface area contributed by atoms with E-state index in [-0.39, 0.29) is 18.4 Å². The number of benzene rings is 2. The van der Waals surface area contributed by atoms with Gasteiger partial charge in [-0.25, -0.2) is 0 Å². The van der Waals surface area contributed by atoms with Gasteiger partial charge in [0.25, 0.3) is 11.8 Å². The fraction of sp³-hybridized carbons (Fsp3) is 0.263. The lowest BCUT2D eigenvalue weighted by Crippen LogP contribution is -2.37. The summed E-state index contributed by atoms with van der Waals surface area (Å²) in [6.45, 7) is 0.712. The number of carbonyl (C=O) groups excluding carboxylic acids is 2. The molecule has 1 heterocycles. The minimum Gasteiger partial charge on any atom is -0.375 e. The topological polar surface area (TPSA) is 58.6 Å². The molecule has 5 nitrogen and oxygen atoms in total. The molecule has 6 heteroatoms. The molecule has 3 rings (SSSR count). The number of carbonyl (C=O) groups is 2. The lowest BCUT2D eigenvalue weighted by atomic mass is 10.0. The molecular formula is C19H19BrN2O3. The first-order valence-corrected chi connectivity index (χ1v) is 8.87. The Bertz CT molecular complexity index is 807. The van der Waals surface area contributed by atoms with Gasteiger partial charge in [0.1, 0.15) is 6.61 Å². The van der Waals surface area contributed by atoms with Crippen molar-refractivity contribution in [1.29, 1.82) is 0 Å². The monoisotopic (exact) mass is 402 g/mol. The van der Waals surface area contributed by atoms with E-state index in [1.165, 1.54) is 7.11 Å². The molecule has 0 aromatic heterocycles. The van der Waals surface area contributed by atoms with E-state index in [2.05, 4.69) is 21.2 Å². The van der Waals surface area contributed by atoms with Gasteiger partial charge in [0, 0.05) is 29.5 Å². The van der Waals surface area contributed by atoms with E-state index < -0.39 is 0 Å². The van der Waals surface area contributed by atoms with Gasteiger partial charge in [-0.2, -0.15) is 0 Å². The zero-order valence-electron chi connectivity index (χ0n) is 13.9. The summed E-state index contributed by atoms with van der Waals surface area (Å²) in [6.07, 6.45) is 1.84. The van der Waals surface area contributed by atoms with Crippen LogP contribution in [0.25, 0.3) is 0 Å². The maximum Gasteiger partial charge on any atom is 0.256 e. The Morgan fingerprint density at radius 1 is 1.24 bits per heavy atom. The first-order valence-electron chi connectivity index (χ1n) is 8.08. The van der Waals surface area contributed by atoms with E-state index in [1.54, 1.807) is 11.0 Å². The van der Waals surface area contributed by atoms with Crippen LogP contribution in [0.2, 0.25) is 0 Å². The normalized spacial score (nSPS) is 13.3. The molecule has 1 N–H and O–H groups in total. The minimum atomic E-state index is -0.196. The number of anilines is 2. The predicted octanol–water partition coefficient (Wildman–Crippen LogP) is 3.63. The van der Waals surface area contributed by atoms with E-state index in [0.717, 1.165) is 28.6 Å². The molecule has 0 radical (unpaired) electrons. The van der Waals surface area contributed by atoms with Gasteiger partial charge in [0.2, 0.25) is 0 Å². The summed E-state index contributed by atoms with van der Waals surface area (Å²) in [7, 11) is 1.51. The SMILES string of the molecule is COCC(=O)N1CCCc2ccc(NC(=O)c3ccccc3Br)cc21. The highest BCUT2D eigenvalue weighted by Crippen LogP contribution is 2.30. The second-order valence-corrected chi connectivity index (χ2v) is 6.71. The van der Waals surface area contributed by atoms with E-state index in [9.17, 15) is 9.59 Å². The van der Waals surface area contributed by atoms with Crippen LogP contribution in [0, 0.1) is 0 Å². The van der Waals surface area contributed by atoms with Crippen molar-refractivity contribution in [2.24, 2.45) is 0 Å². The van der Waals surface area contributed by atoms with Crippen LogP contribution in [-0.4, -0.2) is 32.1 Å². The van der Waals surface area contributed by atoms with Crippen LogP contribution < -0.4 is 10.2 Å². The molecule has 0 bridgehead atoms. The largest absolute Gasteiger partial charge is 0.375 e. The van der Waals surface area contributed by atoms with E-state index in [1.807, 2.05) is 36.4 Å². The third-order valence-corrected chi connectivity index (χ3v) is 4.84. The Kier molecular flexibility index (Phi) is 5.50. The fourth-order valence-corrected chi connectivity index (χ4v) is 3.42. The Balaban J connectivity index is 1.85. The van der Waals surface area contributed by atoms with Crippen LogP contribution in [-0.2, 0) is 16.0 Å². The molecule has 0 unspecified atom stereocenters. The van der Waals surface area contributed by atoms with Crippen LogP contribution in [0.3, 0.4) is 0 Å². The highest BCUT2D eigenvalue weighted by atomic mass is 79.9. The van der Waals surface area contributed by atoms with Gasteiger partial charge in [-0.3, -0.25) is 9.59 Å². The molecule has 0 fully saturated rings. The number of methoxy groups -OCH3 is 1. The third kappa shape index (κ3) is 3.91. The molecular weight excluding hydrogens is 384 g/mol. The second kappa shape index (κ2) is 7.80. The average Bonchev–Trinajstić information content (AvgIpc) is 2.61. The summed E-state index contributed by atoms with van der Waals surface area (Å²) < 4.78 is 5.71. The molecule has 2 aromatic carbocycles. The molecule has 130 valence electrons. The number of rotatable bonds is 4. The number of hydrogen-bond donors (Lipinski definition) is 1. The molecule has 0 aliphatic carbocycles. The summed E-state index contributed by atoms with van der Waals surface area (Å²) in [4.78, 5) is 26.5. The number of halogens is 1. The number of aryl methyl sites for hydroxylation is 1. The van der Waals surface area contributed by atoms with Gasteiger partial charge in [-0.15, -0.1) is 0 Å². The van der Waals surface area contributed by atoms with Gasteiger partial charge in [-0.05, 0) is 58.6 Å². The Morgan fingerprint density at radius 2 is 2.04 bits per heavy atom. The smallest absolute Gasteiger partial charge is 0.256 e. The maximum atomic E-state index is 12.5. The third-order valence-electron chi connectivity index (χ3n) is 4.15. The number of hydrogen-bond acceptors (Lipinski definition) is 3. The van der Waals surface area contributed by atoms with Crippen LogP contribution in [0.5, 0.6) is 0 Å². The fourth-order valence-electron chi connectivity index (χ4n) is 2.96. The zero-order chi connectivity index (χ0) is 17.8. The molecule has 0 spiro atoms. The van der Waals surface area contributed by atoms with Gasteiger partial charge < -0.3 is 15.0 Å². The first-order chi connectivity index (χ1) is 12.1. The molecule has 2 amide bonds. The number of amides is 2. The standard InChI is InChI=1S/C19H19BrN2O3/c1-25-12-18(23)22-10-4-5-13-8-9-14(11-17(13)22)21-19(24)15-6-2-3-7-16(15)20/h2-3,6-9,11H,4-5,10,12H2,1H3,(H,21,24). The highest BCUT2D eigenvalue weighted by molar-refractivity contribution is 9.10. The molecule has 0 saturated carbocycles. The van der Waals surface area contributed by atoms with Gasteiger partial charge in [0.15, 0.2) is 0 Å². The van der Waals surface area contributed by atoms with Crippen molar-refractivity contribution < 1.29 is 14.3 Å². The molecule has 1 aliphatic rings. The summed E-state index contributed by atoms with van der Waals surface area (Å²) >= 11 is 3.39. The van der Waals surface area contributed by atoms with Crippen molar-refractivity contribution in [3.05, 3.63) is 58.1 Å². The van der Waals surface area contributed by atoms with Gasteiger partial charge >= 0.3 is 0 Å². The summed E-state index contributed by atoms with van der Waals surface area (Å²) in [5, 5.41) is 2.90. The van der Waals surface area contributed by atoms with Crippen molar-refractivity contribution >= 4 is 39.1 Å². The Morgan fingerprint density at radius 3 is 2.80 bits per heavy atom. The summed E-state index contributed by atoms with van der Waals surface area (Å²) in [6, 6.07) is 13.0. The van der Waals surface area contributed by atoms with Crippen LogP contribution in [0.4, 0.5) is 11.4 Å². The van der Waals surface area contributed by atoms with Gasteiger partial charge in [-0.1, -0.05) is 18.2 Å². The zero-order valence-corrected chi connectivity index (χ0v) is 15.5. The number of fused-ring (bicyclic) bond motifs is 1. The molecule has 1 aliphatic heterocycles. The highest BCUT2D eigenvalue weighted by Gasteiger charge is 2.23. The van der Waals surface area contributed by atoms with E-state index in [4.69, 9.17) is 4.74 Å². The first kappa shape index (κ1) is 17.6. The van der Waals surface area contributed by atoms with Crippen molar-refractivity contribution in [3.63, 3.8) is 0 Å². The number of nitrogens with one attached hydrogen (secondary N) is 1.